The first-order chi connectivity index (χ1) is 9.34. The van der Waals surface area contributed by atoms with Gasteiger partial charge in [-0.1, -0.05) is 12.2 Å². The number of nitrogens with two attached hydrogens (primary N) is 1. The summed E-state index contributed by atoms with van der Waals surface area (Å²) < 4.78 is 5.15. The number of amides is 1. The van der Waals surface area contributed by atoms with Gasteiger partial charge < -0.3 is 15.1 Å². The average molecular weight is 296 g/mol. The van der Waals surface area contributed by atoms with Gasteiger partial charge in [0, 0.05) is 26.2 Å². The highest BCUT2D eigenvalue weighted by molar-refractivity contribution is 7.80. The van der Waals surface area contributed by atoms with E-state index in [1.807, 2.05) is 13.8 Å². The number of rotatable bonds is 3. The third-order valence-corrected chi connectivity index (χ3v) is 4.40. The van der Waals surface area contributed by atoms with E-state index in [-0.39, 0.29) is 11.4 Å². The van der Waals surface area contributed by atoms with Crippen LogP contribution in [-0.2, 0) is 0 Å². The van der Waals surface area contributed by atoms with Gasteiger partial charge in [0.25, 0.3) is 5.91 Å². The Kier molecular flexibility index (Phi) is 4.10. The summed E-state index contributed by atoms with van der Waals surface area (Å²) in [4.78, 5) is 20.7. The second-order valence-corrected chi connectivity index (χ2v) is 5.91. The molecule has 20 heavy (non-hydrogen) atoms. The number of carbonyl (C=O) groups excluding carboxylic acids is 1. The van der Waals surface area contributed by atoms with Gasteiger partial charge in [0.2, 0.25) is 5.76 Å². The number of thiocarbonyl (C=S) groups is 1. The van der Waals surface area contributed by atoms with Crippen LogP contribution in [0, 0.1) is 6.92 Å². The molecule has 6 nitrogen and oxygen atoms in total. The molecular weight excluding hydrogens is 276 g/mol. The maximum absolute atomic E-state index is 12.3. The lowest BCUT2D eigenvalue weighted by atomic mass is 10.0. The molecule has 1 aliphatic heterocycles. The van der Waals surface area contributed by atoms with Crippen molar-refractivity contribution in [2.75, 3.05) is 26.2 Å². The lowest BCUT2D eigenvalue weighted by Crippen LogP contribution is -2.59. The number of aromatic nitrogens is 1. The van der Waals surface area contributed by atoms with Gasteiger partial charge >= 0.3 is 0 Å². The van der Waals surface area contributed by atoms with E-state index in [4.69, 9.17) is 22.4 Å². The molecule has 0 spiro atoms. The molecular formula is C13H20N4O2S. The van der Waals surface area contributed by atoms with E-state index < -0.39 is 0 Å². The Hall–Kier alpha value is -1.47. The summed E-state index contributed by atoms with van der Waals surface area (Å²) in [5, 5.41) is 0. The quantitative estimate of drug-likeness (QED) is 0.832. The van der Waals surface area contributed by atoms with Crippen molar-refractivity contribution in [3.63, 3.8) is 0 Å². The van der Waals surface area contributed by atoms with Crippen molar-refractivity contribution in [2.24, 2.45) is 5.73 Å². The van der Waals surface area contributed by atoms with Gasteiger partial charge in [0.1, 0.15) is 0 Å². The van der Waals surface area contributed by atoms with Gasteiger partial charge in [0.15, 0.2) is 6.39 Å². The fraction of sp³-hybridized carbons (Fsp3) is 0.615. The summed E-state index contributed by atoms with van der Waals surface area (Å²) in [5.41, 5.74) is 6.08. The Morgan fingerprint density at radius 3 is 2.45 bits per heavy atom. The first kappa shape index (κ1) is 14.9. The summed E-state index contributed by atoms with van der Waals surface area (Å²) in [7, 11) is 0. The van der Waals surface area contributed by atoms with Crippen molar-refractivity contribution >= 4 is 23.1 Å². The van der Waals surface area contributed by atoms with E-state index in [0.717, 1.165) is 13.1 Å². The number of nitrogens with zero attached hydrogens (tertiary/aromatic N) is 3. The largest absolute Gasteiger partial charge is 0.438 e. The maximum Gasteiger partial charge on any atom is 0.291 e. The molecule has 0 aliphatic carbocycles. The van der Waals surface area contributed by atoms with Crippen LogP contribution in [0.4, 0.5) is 0 Å². The predicted octanol–water partition coefficient (Wildman–Crippen LogP) is 0.806. The standard InChI is InChI=1S/C13H20N4O2S/c1-9-10(19-8-15-9)11(18)16-4-6-17(7-5-16)13(2,3)12(14)20/h8H,4-7H2,1-3H3,(H2,14,20). The Morgan fingerprint density at radius 1 is 1.40 bits per heavy atom. The summed E-state index contributed by atoms with van der Waals surface area (Å²) in [6.45, 7) is 8.52. The van der Waals surface area contributed by atoms with Crippen molar-refractivity contribution in [1.82, 2.24) is 14.8 Å². The molecule has 0 unspecified atom stereocenters. The Morgan fingerprint density at radius 2 is 2.00 bits per heavy atom. The van der Waals surface area contributed by atoms with Gasteiger partial charge in [-0.25, -0.2) is 4.98 Å². The molecule has 1 saturated heterocycles. The van der Waals surface area contributed by atoms with Crippen LogP contribution in [0.3, 0.4) is 0 Å². The van der Waals surface area contributed by atoms with E-state index in [1.54, 1.807) is 11.8 Å². The van der Waals surface area contributed by atoms with Gasteiger partial charge in [-0.05, 0) is 20.8 Å². The molecule has 1 amide bonds. The zero-order chi connectivity index (χ0) is 14.9. The third-order valence-electron chi connectivity index (χ3n) is 3.90. The van der Waals surface area contributed by atoms with E-state index in [0.29, 0.717) is 29.5 Å². The first-order valence-electron chi connectivity index (χ1n) is 6.58. The number of hydrogen-bond acceptors (Lipinski definition) is 5. The topological polar surface area (TPSA) is 75.6 Å². The van der Waals surface area contributed by atoms with Crippen LogP contribution in [0.15, 0.2) is 10.8 Å². The van der Waals surface area contributed by atoms with E-state index in [1.165, 1.54) is 6.39 Å². The minimum absolute atomic E-state index is 0.104. The van der Waals surface area contributed by atoms with Crippen LogP contribution in [-0.4, -0.2) is 57.4 Å². The number of piperazine rings is 1. The summed E-state index contributed by atoms with van der Waals surface area (Å²) in [5.74, 6) is 0.222. The van der Waals surface area contributed by atoms with Crippen molar-refractivity contribution in [1.29, 1.82) is 0 Å². The lowest BCUT2D eigenvalue weighted by Gasteiger charge is -2.43. The highest BCUT2D eigenvalue weighted by atomic mass is 32.1. The first-order valence-corrected chi connectivity index (χ1v) is 6.99. The summed E-state index contributed by atoms with van der Waals surface area (Å²) in [6, 6.07) is 0. The molecule has 110 valence electrons. The Balaban J connectivity index is 2.00. The second kappa shape index (κ2) is 5.49. The predicted molar refractivity (Wildman–Crippen MR) is 79.6 cm³/mol. The minimum atomic E-state index is -0.327. The van der Waals surface area contributed by atoms with Crippen LogP contribution >= 0.6 is 12.2 Å². The monoisotopic (exact) mass is 296 g/mol. The molecule has 1 fully saturated rings. The van der Waals surface area contributed by atoms with Gasteiger partial charge in [-0.2, -0.15) is 0 Å². The van der Waals surface area contributed by atoms with Crippen molar-refractivity contribution in [3.8, 4) is 0 Å². The van der Waals surface area contributed by atoms with Gasteiger partial charge in [0.05, 0.1) is 16.2 Å². The minimum Gasteiger partial charge on any atom is -0.438 e. The van der Waals surface area contributed by atoms with E-state index in [9.17, 15) is 4.79 Å². The van der Waals surface area contributed by atoms with Crippen LogP contribution in [0.2, 0.25) is 0 Å². The van der Waals surface area contributed by atoms with Crippen LogP contribution < -0.4 is 5.73 Å². The van der Waals surface area contributed by atoms with Crippen LogP contribution in [0.5, 0.6) is 0 Å². The van der Waals surface area contributed by atoms with E-state index >= 15 is 0 Å². The van der Waals surface area contributed by atoms with Gasteiger partial charge in [-0.15, -0.1) is 0 Å². The molecule has 0 atom stereocenters. The number of hydrogen-bond donors (Lipinski definition) is 1. The Labute approximate surface area is 123 Å². The van der Waals surface area contributed by atoms with Gasteiger partial charge in [-0.3, -0.25) is 9.69 Å². The Bertz CT molecular complexity index is 518. The highest BCUT2D eigenvalue weighted by Crippen LogP contribution is 2.19. The molecule has 7 heteroatoms. The zero-order valence-corrected chi connectivity index (χ0v) is 12.9. The van der Waals surface area contributed by atoms with Crippen molar-refractivity contribution in [2.45, 2.75) is 26.3 Å². The van der Waals surface area contributed by atoms with Crippen molar-refractivity contribution in [3.05, 3.63) is 17.8 Å². The molecule has 0 radical (unpaired) electrons. The van der Waals surface area contributed by atoms with E-state index in [2.05, 4.69) is 9.88 Å². The summed E-state index contributed by atoms with van der Waals surface area (Å²) >= 11 is 5.11. The molecule has 2 N–H and O–H groups in total. The zero-order valence-electron chi connectivity index (χ0n) is 12.0. The molecule has 1 aromatic heterocycles. The maximum atomic E-state index is 12.3. The number of carbonyl (C=O) groups is 1. The number of aryl methyl sites for hydroxylation is 1. The molecule has 2 rings (SSSR count). The second-order valence-electron chi connectivity index (χ2n) is 5.47. The summed E-state index contributed by atoms with van der Waals surface area (Å²) in [6.07, 6.45) is 1.30. The van der Waals surface area contributed by atoms with Crippen molar-refractivity contribution < 1.29 is 9.21 Å². The molecule has 0 saturated carbocycles. The van der Waals surface area contributed by atoms with Crippen LogP contribution in [0.25, 0.3) is 0 Å². The molecule has 1 aromatic rings. The highest BCUT2D eigenvalue weighted by Gasteiger charge is 2.34. The fourth-order valence-corrected chi connectivity index (χ4v) is 2.40. The SMILES string of the molecule is Cc1ncoc1C(=O)N1CCN(C(C)(C)C(N)=S)CC1. The normalized spacial score (nSPS) is 17.2. The molecule has 1 aliphatic rings. The average Bonchev–Trinajstić information content (AvgIpc) is 2.84. The fourth-order valence-electron chi connectivity index (χ4n) is 2.28. The smallest absolute Gasteiger partial charge is 0.291 e. The molecule has 2 heterocycles. The number of oxazole rings is 1. The lowest BCUT2D eigenvalue weighted by molar-refractivity contribution is 0.0511. The third kappa shape index (κ3) is 2.69. The molecule has 0 aromatic carbocycles. The molecule has 0 bridgehead atoms. The van der Waals surface area contributed by atoms with Crippen LogP contribution in [0.1, 0.15) is 30.1 Å².